The molecule has 31 heavy (non-hydrogen) atoms. The molecule has 2 fully saturated rings. The first kappa shape index (κ1) is 22.0. The van der Waals surface area contributed by atoms with Gasteiger partial charge in [-0.2, -0.15) is 0 Å². The number of amides is 1. The Kier molecular flexibility index (Phi) is 6.74. The number of anilines is 1. The molecule has 2 aromatic heterocycles. The van der Waals surface area contributed by atoms with Crippen molar-refractivity contribution in [1.82, 2.24) is 14.3 Å². The Balaban J connectivity index is 1.73. The maximum absolute atomic E-state index is 13.4. The minimum absolute atomic E-state index is 0.0957. The Morgan fingerprint density at radius 3 is 2.97 bits per heavy atom. The van der Waals surface area contributed by atoms with E-state index in [0.29, 0.717) is 39.3 Å². The van der Waals surface area contributed by atoms with E-state index in [2.05, 4.69) is 17.2 Å². The zero-order valence-corrected chi connectivity index (χ0v) is 19.4. The average molecular weight is 459 g/mol. The molecule has 0 bridgehead atoms. The fourth-order valence-electron chi connectivity index (χ4n) is 3.68. The Morgan fingerprint density at radius 1 is 1.39 bits per heavy atom. The number of fused-ring (bicyclic) bond motifs is 1. The lowest BCUT2D eigenvalue weighted by Gasteiger charge is -2.15. The highest BCUT2D eigenvalue weighted by Gasteiger charge is 2.32. The highest BCUT2D eigenvalue weighted by Crippen LogP contribution is 2.33. The summed E-state index contributed by atoms with van der Waals surface area (Å²) in [6.45, 7) is 5.91. The summed E-state index contributed by atoms with van der Waals surface area (Å²) in [5, 5.41) is 3.29. The zero-order chi connectivity index (χ0) is 22.0. The van der Waals surface area contributed by atoms with Crippen LogP contribution in [0.15, 0.2) is 28.0 Å². The number of thiocarbonyl (C=S) groups is 1. The second-order valence-corrected chi connectivity index (χ2v) is 9.49. The largest absolute Gasteiger partial charge is 0.376 e. The molecule has 2 aliphatic rings. The first-order valence-electron chi connectivity index (χ1n) is 10.6. The van der Waals surface area contributed by atoms with E-state index in [1.54, 1.807) is 17.2 Å². The van der Waals surface area contributed by atoms with Crippen molar-refractivity contribution in [3.05, 3.63) is 44.7 Å². The van der Waals surface area contributed by atoms with E-state index in [9.17, 15) is 9.59 Å². The van der Waals surface area contributed by atoms with Gasteiger partial charge in [0, 0.05) is 25.9 Å². The Morgan fingerprint density at radius 2 is 2.23 bits per heavy atom. The van der Waals surface area contributed by atoms with Crippen LogP contribution in [0.3, 0.4) is 0 Å². The molecular formula is C22H26N4O3S2. The second kappa shape index (κ2) is 9.50. The monoisotopic (exact) mass is 458 g/mol. The molecular weight excluding hydrogens is 432 g/mol. The Labute approximate surface area is 190 Å². The summed E-state index contributed by atoms with van der Waals surface area (Å²) in [6, 6.07) is 3.74. The topological polar surface area (TPSA) is 75.9 Å². The normalized spacial score (nSPS) is 20.4. The molecule has 0 aliphatic carbocycles. The highest BCUT2D eigenvalue weighted by atomic mass is 32.2. The van der Waals surface area contributed by atoms with Gasteiger partial charge in [0.15, 0.2) is 0 Å². The fraction of sp³-hybridized carbons (Fsp3) is 0.455. The van der Waals surface area contributed by atoms with Crippen molar-refractivity contribution in [2.75, 3.05) is 25.0 Å². The lowest BCUT2D eigenvalue weighted by molar-refractivity contribution is -0.122. The number of carbonyl (C=O) groups is 1. The van der Waals surface area contributed by atoms with E-state index in [1.807, 2.05) is 19.1 Å². The van der Waals surface area contributed by atoms with Crippen LogP contribution >= 0.6 is 24.0 Å². The molecule has 0 aromatic carbocycles. The van der Waals surface area contributed by atoms with Gasteiger partial charge in [0.05, 0.1) is 16.6 Å². The quantitative estimate of drug-likeness (QED) is 0.502. The number of hydrogen-bond acceptors (Lipinski definition) is 7. The van der Waals surface area contributed by atoms with Gasteiger partial charge >= 0.3 is 0 Å². The van der Waals surface area contributed by atoms with Gasteiger partial charge in [-0.1, -0.05) is 43.4 Å². The molecule has 1 amide bonds. The highest BCUT2D eigenvalue weighted by molar-refractivity contribution is 8.26. The van der Waals surface area contributed by atoms with E-state index >= 15 is 0 Å². The summed E-state index contributed by atoms with van der Waals surface area (Å²) in [5.74, 6) is 0.311. The molecule has 2 saturated heterocycles. The summed E-state index contributed by atoms with van der Waals surface area (Å²) in [7, 11) is 0. The maximum Gasteiger partial charge on any atom is 0.267 e. The van der Waals surface area contributed by atoms with E-state index in [1.165, 1.54) is 16.2 Å². The van der Waals surface area contributed by atoms with Crippen LogP contribution in [0.1, 0.15) is 43.7 Å². The lowest BCUT2D eigenvalue weighted by atomic mass is 10.2. The average Bonchev–Trinajstić information content (AvgIpc) is 3.36. The number of rotatable bonds is 7. The SMILES string of the molecule is CCCCN1C(=O)/C(=C\c2c(NCC3CCCO3)nc3ccc(C)cn3c2=O)SC1=S. The Hall–Kier alpha value is -2.23. The molecule has 4 rings (SSSR count). The number of pyridine rings is 1. The van der Waals surface area contributed by atoms with Crippen LogP contribution in [0.2, 0.25) is 0 Å². The van der Waals surface area contributed by atoms with E-state index < -0.39 is 0 Å². The van der Waals surface area contributed by atoms with E-state index in [0.717, 1.165) is 37.9 Å². The Bertz CT molecular complexity index is 1110. The van der Waals surface area contributed by atoms with Crippen molar-refractivity contribution < 1.29 is 9.53 Å². The van der Waals surface area contributed by atoms with Crippen molar-refractivity contribution in [2.24, 2.45) is 0 Å². The third-order valence-corrected chi connectivity index (χ3v) is 6.79. The molecule has 2 aliphatic heterocycles. The number of unbranched alkanes of at least 4 members (excludes halogenated alkanes) is 1. The maximum atomic E-state index is 13.4. The summed E-state index contributed by atoms with van der Waals surface area (Å²) < 4.78 is 7.75. The molecule has 2 aromatic rings. The third kappa shape index (κ3) is 4.68. The molecule has 1 atom stereocenters. The third-order valence-electron chi connectivity index (χ3n) is 5.41. The number of hydrogen-bond donors (Lipinski definition) is 1. The van der Waals surface area contributed by atoms with Crippen LogP contribution in [0, 0.1) is 6.92 Å². The van der Waals surface area contributed by atoms with Gasteiger partial charge in [0.2, 0.25) is 0 Å². The summed E-state index contributed by atoms with van der Waals surface area (Å²) in [4.78, 5) is 33.0. The zero-order valence-electron chi connectivity index (χ0n) is 17.7. The molecule has 164 valence electrons. The van der Waals surface area contributed by atoms with Crippen molar-refractivity contribution in [2.45, 2.75) is 45.6 Å². The summed E-state index contributed by atoms with van der Waals surface area (Å²) >= 11 is 6.64. The van der Waals surface area contributed by atoms with Crippen LogP contribution in [-0.4, -0.2) is 50.3 Å². The van der Waals surface area contributed by atoms with Gasteiger partial charge in [-0.25, -0.2) is 4.98 Å². The van der Waals surface area contributed by atoms with Crippen molar-refractivity contribution in [1.29, 1.82) is 0 Å². The van der Waals surface area contributed by atoms with Crippen LogP contribution in [0.5, 0.6) is 0 Å². The molecule has 0 radical (unpaired) electrons. The number of aromatic nitrogens is 2. The predicted molar refractivity (Wildman–Crippen MR) is 128 cm³/mol. The van der Waals surface area contributed by atoms with Gasteiger partial charge in [0.25, 0.3) is 11.5 Å². The van der Waals surface area contributed by atoms with Gasteiger partial charge in [0.1, 0.15) is 15.8 Å². The van der Waals surface area contributed by atoms with Crippen LogP contribution in [0.25, 0.3) is 11.7 Å². The number of nitrogens with one attached hydrogen (secondary N) is 1. The fourth-order valence-corrected chi connectivity index (χ4v) is 4.97. The number of aryl methyl sites for hydroxylation is 1. The molecule has 0 saturated carbocycles. The van der Waals surface area contributed by atoms with Gasteiger partial charge in [-0.3, -0.25) is 18.9 Å². The number of nitrogens with zero attached hydrogens (tertiary/aromatic N) is 3. The first-order valence-corrected chi connectivity index (χ1v) is 11.8. The van der Waals surface area contributed by atoms with Crippen LogP contribution in [-0.2, 0) is 9.53 Å². The number of thioether (sulfide) groups is 1. The van der Waals surface area contributed by atoms with Crippen LogP contribution < -0.4 is 10.9 Å². The minimum atomic E-state index is -0.220. The van der Waals surface area contributed by atoms with Crippen molar-refractivity contribution in [3.8, 4) is 0 Å². The number of carbonyl (C=O) groups excluding carboxylic acids is 1. The van der Waals surface area contributed by atoms with E-state index in [-0.39, 0.29) is 17.6 Å². The van der Waals surface area contributed by atoms with Gasteiger partial charge in [-0.05, 0) is 43.9 Å². The smallest absolute Gasteiger partial charge is 0.267 e. The molecule has 9 heteroatoms. The lowest BCUT2D eigenvalue weighted by Crippen LogP contribution is -2.29. The standard InChI is InChI=1S/C22H26N4O3S2/c1-3-4-9-25-21(28)17(31-22(25)30)11-16-19(23-12-15-6-5-10-29-15)24-18-8-7-14(2)13-26(18)20(16)27/h7-8,11,13,15,23H,3-6,9-10,12H2,1-2H3/b17-11+. The van der Waals surface area contributed by atoms with Crippen LogP contribution in [0.4, 0.5) is 5.82 Å². The van der Waals surface area contributed by atoms with Gasteiger partial charge < -0.3 is 10.1 Å². The van der Waals surface area contributed by atoms with Gasteiger partial charge in [-0.15, -0.1) is 0 Å². The van der Waals surface area contributed by atoms with Crippen molar-refractivity contribution in [3.63, 3.8) is 0 Å². The minimum Gasteiger partial charge on any atom is -0.376 e. The molecule has 7 nitrogen and oxygen atoms in total. The summed E-state index contributed by atoms with van der Waals surface area (Å²) in [6.07, 6.45) is 7.36. The molecule has 1 unspecified atom stereocenters. The van der Waals surface area contributed by atoms with Crippen molar-refractivity contribution >= 4 is 51.7 Å². The van der Waals surface area contributed by atoms with E-state index in [4.69, 9.17) is 17.0 Å². The predicted octanol–water partition coefficient (Wildman–Crippen LogP) is 3.60. The summed E-state index contributed by atoms with van der Waals surface area (Å²) in [5.41, 5.74) is 1.64. The first-order chi connectivity index (χ1) is 15.0. The number of ether oxygens (including phenoxy) is 1. The second-order valence-electron chi connectivity index (χ2n) is 7.82. The molecule has 4 heterocycles. The molecule has 0 spiro atoms. The molecule has 1 N–H and O–H groups in total.